The molecule has 1 heterocycles. The Morgan fingerprint density at radius 3 is 2.26 bits per heavy atom. The molecule has 0 aliphatic heterocycles. The molecule has 0 saturated carbocycles. The van der Waals surface area contributed by atoms with Gasteiger partial charge in [0, 0.05) is 16.7 Å². The highest BCUT2D eigenvalue weighted by atomic mass is 32.1. The summed E-state index contributed by atoms with van der Waals surface area (Å²) in [4.78, 5) is 5.57. The minimum atomic E-state index is -1.41. The Balaban J connectivity index is 2.10. The molecule has 0 unspecified atom stereocenters. The summed E-state index contributed by atoms with van der Waals surface area (Å²) in [5.41, 5.74) is 4.52. The van der Waals surface area contributed by atoms with E-state index in [0.717, 1.165) is 16.2 Å². The summed E-state index contributed by atoms with van der Waals surface area (Å²) in [6.45, 7) is 7.07. The molecule has 0 bridgehead atoms. The average molecular weight is 336 g/mol. The molecule has 1 aromatic heterocycles. The Labute approximate surface area is 144 Å². The topological polar surface area (TPSA) is 12.9 Å². The summed E-state index contributed by atoms with van der Waals surface area (Å²) in [7, 11) is -1.41. The third-order valence-corrected chi connectivity index (χ3v) is 6.70. The van der Waals surface area contributed by atoms with Gasteiger partial charge in [0.2, 0.25) is 0 Å². The maximum atomic E-state index is 4.86. The summed E-state index contributed by atoms with van der Waals surface area (Å²) in [6.07, 6.45) is 1.83. The van der Waals surface area contributed by atoms with Crippen LogP contribution in [0.5, 0.6) is 0 Å². The predicted octanol–water partition coefficient (Wildman–Crippen LogP) is 5.25. The largest absolute Gasteiger partial charge is 0.256 e. The van der Waals surface area contributed by atoms with Gasteiger partial charge in [0.05, 0.1) is 13.8 Å². The normalized spacial score (nSPS) is 11.5. The molecule has 0 N–H and O–H groups in total. The molecule has 3 rings (SSSR count). The van der Waals surface area contributed by atoms with Crippen molar-refractivity contribution in [3.63, 3.8) is 0 Å². The summed E-state index contributed by atoms with van der Waals surface area (Å²) in [6, 6.07) is 21.1. The van der Waals surface area contributed by atoms with E-state index in [4.69, 9.17) is 12.6 Å². The molecule has 0 fully saturated rings. The van der Waals surface area contributed by atoms with Gasteiger partial charge in [-0.15, -0.1) is 12.6 Å². The molecule has 23 heavy (non-hydrogen) atoms. The van der Waals surface area contributed by atoms with Gasteiger partial charge in [-0.2, -0.15) is 0 Å². The zero-order valence-corrected chi connectivity index (χ0v) is 15.6. The maximum Gasteiger partial charge on any atom is 0.0790 e. The summed E-state index contributed by atoms with van der Waals surface area (Å²) in [5.74, 6) is 0. The lowest BCUT2D eigenvalue weighted by Gasteiger charge is -2.21. The first-order valence-electron chi connectivity index (χ1n) is 7.81. The number of hydrogen-bond donors (Lipinski definition) is 1. The van der Waals surface area contributed by atoms with E-state index < -0.39 is 8.07 Å². The van der Waals surface area contributed by atoms with Crippen molar-refractivity contribution in [1.82, 2.24) is 4.98 Å². The first kappa shape index (κ1) is 16.0. The maximum absolute atomic E-state index is 4.86. The number of pyridine rings is 1. The molecule has 116 valence electrons. The zero-order valence-electron chi connectivity index (χ0n) is 13.7. The van der Waals surface area contributed by atoms with E-state index in [2.05, 4.69) is 67.1 Å². The van der Waals surface area contributed by atoms with E-state index >= 15 is 0 Å². The molecule has 0 atom stereocenters. The summed E-state index contributed by atoms with van der Waals surface area (Å²) in [5, 5.41) is 1.40. The van der Waals surface area contributed by atoms with Gasteiger partial charge in [-0.3, -0.25) is 4.98 Å². The Hall–Kier alpha value is -1.84. The van der Waals surface area contributed by atoms with E-state index in [1.54, 1.807) is 0 Å². The van der Waals surface area contributed by atoms with Crippen LogP contribution in [-0.4, -0.2) is 13.1 Å². The number of benzene rings is 2. The second-order valence-corrected chi connectivity index (χ2v) is 12.2. The minimum absolute atomic E-state index is 0.997. The van der Waals surface area contributed by atoms with Crippen LogP contribution in [0.25, 0.3) is 22.4 Å². The van der Waals surface area contributed by atoms with Crippen LogP contribution in [-0.2, 0) is 0 Å². The number of hydrogen-bond acceptors (Lipinski definition) is 2. The molecule has 0 aliphatic carbocycles. The minimum Gasteiger partial charge on any atom is -0.256 e. The number of thiol groups is 1. The van der Waals surface area contributed by atoms with Crippen molar-refractivity contribution in [3.8, 4) is 22.4 Å². The van der Waals surface area contributed by atoms with Crippen molar-refractivity contribution in [2.75, 3.05) is 0 Å². The molecule has 1 nitrogen and oxygen atoms in total. The highest BCUT2D eigenvalue weighted by Gasteiger charge is 2.20. The molecule has 2 aromatic carbocycles. The third kappa shape index (κ3) is 3.41. The highest BCUT2D eigenvalue weighted by molar-refractivity contribution is 7.80. The molecule has 3 heteroatoms. The van der Waals surface area contributed by atoms with Gasteiger partial charge in [0.15, 0.2) is 0 Å². The van der Waals surface area contributed by atoms with Gasteiger partial charge in [-0.1, -0.05) is 62.1 Å². The van der Waals surface area contributed by atoms with Gasteiger partial charge in [-0.05, 0) is 34.5 Å². The van der Waals surface area contributed by atoms with Crippen molar-refractivity contribution in [2.24, 2.45) is 0 Å². The van der Waals surface area contributed by atoms with Crippen LogP contribution in [0.3, 0.4) is 0 Å². The molecule has 0 amide bonds. The monoisotopic (exact) mass is 335 g/mol. The second kappa shape index (κ2) is 6.34. The standard InChI is InChI=1S/C20H21NSSi/c1-23(2,3)19-12-7-10-17(20(19)22)15-8-6-9-16(14-15)18-11-4-5-13-21-18/h4-14,22H,1-3H3. The summed E-state index contributed by atoms with van der Waals surface area (Å²) < 4.78 is 0. The number of rotatable bonds is 3. The van der Waals surface area contributed by atoms with Crippen LogP contribution in [0, 0.1) is 0 Å². The molecule has 0 aliphatic rings. The first-order valence-corrected chi connectivity index (χ1v) is 11.8. The fraction of sp³-hybridized carbons (Fsp3) is 0.150. The van der Waals surface area contributed by atoms with Gasteiger partial charge >= 0.3 is 0 Å². The van der Waals surface area contributed by atoms with E-state index in [1.807, 2.05) is 24.4 Å². The molecule has 0 spiro atoms. The van der Waals surface area contributed by atoms with Gasteiger partial charge in [0.25, 0.3) is 0 Å². The van der Waals surface area contributed by atoms with Crippen LogP contribution in [0.15, 0.2) is 71.8 Å². The molecule has 0 radical (unpaired) electrons. The zero-order chi connectivity index (χ0) is 16.4. The Kier molecular flexibility index (Phi) is 4.42. The molecule has 0 saturated heterocycles. The van der Waals surface area contributed by atoms with E-state index in [-0.39, 0.29) is 0 Å². The lowest BCUT2D eigenvalue weighted by atomic mass is 10.0. The van der Waals surface area contributed by atoms with Crippen molar-refractivity contribution >= 4 is 25.9 Å². The SMILES string of the molecule is C[Si](C)(C)c1cccc(-c2cccc(-c3ccccn3)c2)c1S. The van der Waals surface area contributed by atoms with Crippen molar-refractivity contribution in [2.45, 2.75) is 24.5 Å². The Bertz CT molecular complexity index is 823. The van der Waals surface area contributed by atoms with Gasteiger partial charge in [0.1, 0.15) is 0 Å². The van der Waals surface area contributed by atoms with Crippen LogP contribution < -0.4 is 5.19 Å². The quantitative estimate of drug-likeness (QED) is 0.509. The van der Waals surface area contributed by atoms with E-state index in [0.29, 0.717) is 0 Å². The number of nitrogens with zero attached hydrogens (tertiary/aromatic N) is 1. The van der Waals surface area contributed by atoms with Gasteiger partial charge < -0.3 is 0 Å². The lowest BCUT2D eigenvalue weighted by Crippen LogP contribution is -2.38. The van der Waals surface area contributed by atoms with Crippen LogP contribution >= 0.6 is 12.6 Å². The van der Waals surface area contributed by atoms with E-state index in [9.17, 15) is 0 Å². The third-order valence-electron chi connectivity index (χ3n) is 3.98. The fourth-order valence-corrected chi connectivity index (χ4v) is 5.49. The van der Waals surface area contributed by atoms with Crippen molar-refractivity contribution < 1.29 is 0 Å². The van der Waals surface area contributed by atoms with Crippen LogP contribution in [0.2, 0.25) is 19.6 Å². The van der Waals surface area contributed by atoms with E-state index in [1.165, 1.54) is 16.3 Å². The predicted molar refractivity (Wildman–Crippen MR) is 105 cm³/mol. The molecule has 3 aromatic rings. The van der Waals surface area contributed by atoms with Crippen LogP contribution in [0.4, 0.5) is 0 Å². The average Bonchev–Trinajstić information content (AvgIpc) is 2.55. The second-order valence-electron chi connectivity index (χ2n) is 6.75. The van der Waals surface area contributed by atoms with Crippen LogP contribution in [0.1, 0.15) is 0 Å². The Morgan fingerprint density at radius 1 is 0.826 bits per heavy atom. The highest BCUT2D eigenvalue weighted by Crippen LogP contribution is 2.29. The Morgan fingerprint density at radius 2 is 1.57 bits per heavy atom. The van der Waals surface area contributed by atoms with Crippen molar-refractivity contribution in [1.29, 1.82) is 0 Å². The lowest BCUT2D eigenvalue weighted by molar-refractivity contribution is 1.33. The summed E-state index contributed by atoms with van der Waals surface area (Å²) >= 11 is 4.86. The number of aromatic nitrogens is 1. The smallest absolute Gasteiger partial charge is 0.0790 e. The van der Waals surface area contributed by atoms with Crippen molar-refractivity contribution in [3.05, 3.63) is 66.9 Å². The first-order chi connectivity index (χ1) is 11.0. The van der Waals surface area contributed by atoms with Gasteiger partial charge in [-0.25, -0.2) is 0 Å². The molecular weight excluding hydrogens is 314 g/mol. The fourth-order valence-electron chi connectivity index (χ4n) is 2.76. The molecular formula is C20H21NSSi.